The van der Waals surface area contributed by atoms with Gasteiger partial charge in [-0.25, -0.2) is 0 Å². The fourth-order valence-electron chi connectivity index (χ4n) is 1.70. The highest BCUT2D eigenvalue weighted by molar-refractivity contribution is 5.33. The SMILES string of the molecule is CCc1ccccc1OC1CCOC1. The Morgan fingerprint density at radius 2 is 2.29 bits per heavy atom. The number of hydrogen-bond donors (Lipinski definition) is 0. The summed E-state index contributed by atoms with van der Waals surface area (Å²) >= 11 is 0. The molecule has 1 unspecified atom stereocenters. The smallest absolute Gasteiger partial charge is 0.124 e. The summed E-state index contributed by atoms with van der Waals surface area (Å²) < 4.78 is 11.2. The van der Waals surface area contributed by atoms with Crippen molar-refractivity contribution in [2.45, 2.75) is 25.9 Å². The highest BCUT2D eigenvalue weighted by atomic mass is 16.5. The van der Waals surface area contributed by atoms with Gasteiger partial charge in [0.05, 0.1) is 13.2 Å². The molecule has 1 saturated heterocycles. The minimum absolute atomic E-state index is 0.252. The molecule has 1 aromatic rings. The first-order valence-corrected chi connectivity index (χ1v) is 5.22. The molecule has 0 spiro atoms. The zero-order chi connectivity index (χ0) is 9.80. The van der Waals surface area contributed by atoms with Gasteiger partial charge in [-0.15, -0.1) is 0 Å². The Morgan fingerprint density at radius 3 is 3.00 bits per heavy atom. The maximum atomic E-state index is 5.87. The van der Waals surface area contributed by atoms with Crippen molar-refractivity contribution in [3.63, 3.8) is 0 Å². The third kappa shape index (κ3) is 2.07. The molecule has 0 radical (unpaired) electrons. The van der Waals surface area contributed by atoms with Crippen molar-refractivity contribution < 1.29 is 9.47 Å². The topological polar surface area (TPSA) is 18.5 Å². The second-order valence-electron chi connectivity index (χ2n) is 3.56. The van der Waals surface area contributed by atoms with Gasteiger partial charge in [-0.05, 0) is 18.1 Å². The number of rotatable bonds is 3. The van der Waals surface area contributed by atoms with Crippen LogP contribution in [0.1, 0.15) is 18.9 Å². The van der Waals surface area contributed by atoms with Crippen molar-refractivity contribution in [1.29, 1.82) is 0 Å². The predicted octanol–water partition coefficient (Wildman–Crippen LogP) is 2.42. The minimum Gasteiger partial charge on any atom is -0.488 e. The molecule has 2 rings (SSSR count). The molecule has 2 heteroatoms. The van der Waals surface area contributed by atoms with E-state index in [1.54, 1.807) is 0 Å². The lowest BCUT2D eigenvalue weighted by molar-refractivity contribution is 0.140. The van der Waals surface area contributed by atoms with Gasteiger partial charge >= 0.3 is 0 Å². The number of ether oxygens (including phenoxy) is 2. The van der Waals surface area contributed by atoms with Crippen LogP contribution in [0.4, 0.5) is 0 Å². The van der Waals surface area contributed by atoms with E-state index < -0.39 is 0 Å². The van der Waals surface area contributed by atoms with E-state index in [0.29, 0.717) is 0 Å². The molecule has 14 heavy (non-hydrogen) atoms. The maximum Gasteiger partial charge on any atom is 0.124 e. The lowest BCUT2D eigenvalue weighted by Crippen LogP contribution is -2.16. The van der Waals surface area contributed by atoms with E-state index in [2.05, 4.69) is 19.1 Å². The van der Waals surface area contributed by atoms with Gasteiger partial charge in [0.25, 0.3) is 0 Å². The molecule has 1 aromatic carbocycles. The second kappa shape index (κ2) is 4.47. The Hall–Kier alpha value is -1.02. The van der Waals surface area contributed by atoms with Crippen LogP contribution in [0.2, 0.25) is 0 Å². The zero-order valence-corrected chi connectivity index (χ0v) is 8.53. The summed E-state index contributed by atoms with van der Waals surface area (Å²) in [5.41, 5.74) is 1.28. The van der Waals surface area contributed by atoms with E-state index in [1.807, 2.05) is 12.1 Å². The van der Waals surface area contributed by atoms with E-state index in [4.69, 9.17) is 9.47 Å². The molecule has 0 N–H and O–H groups in total. The average Bonchev–Trinajstić information content (AvgIpc) is 2.71. The molecule has 0 saturated carbocycles. The van der Waals surface area contributed by atoms with E-state index in [9.17, 15) is 0 Å². The van der Waals surface area contributed by atoms with Crippen molar-refractivity contribution in [3.05, 3.63) is 29.8 Å². The molecule has 1 aliphatic heterocycles. The lowest BCUT2D eigenvalue weighted by atomic mass is 10.1. The third-order valence-electron chi connectivity index (χ3n) is 2.54. The summed E-state index contributed by atoms with van der Waals surface area (Å²) in [5.74, 6) is 1.02. The molecular weight excluding hydrogens is 176 g/mol. The van der Waals surface area contributed by atoms with Crippen LogP contribution in [-0.2, 0) is 11.2 Å². The van der Waals surface area contributed by atoms with Crippen LogP contribution in [0, 0.1) is 0 Å². The van der Waals surface area contributed by atoms with Crippen LogP contribution in [-0.4, -0.2) is 19.3 Å². The molecule has 1 atom stereocenters. The second-order valence-corrected chi connectivity index (χ2v) is 3.56. The van der Waals surface area contributed by atoms with E-state index in [1.165, 1.54) is 5.56 Å². The molecule has 76 valence electrons. The van der Waals surface area contributed by atoms with Gasteiger partial charge in [0.15, 0.2) is 0 Å². The number of hydrogen-bond acceptors (Lipinski definition) is 2. The van der Waals surface area contributed by atoms with E-state index in [-0.39, 0.29) is 6.10 Å². The quantitative estimate of drug-likeness (QED) is 0.732. The van der Waals surface area contributed by atoms with Crippen LogP contribution in [0.15, 0.2) is 24.3 Å². The monoisotopic (exact) mass is 192 g/mol. The van der Waals surface area contributed by atoms with Gasteiger partial charge in [-0.1, -0.05) is 25.1 Å². The first kappa shape index (κ1) is 9.53. The predicted molar refractivity (Wildman–Crippen MR) is 55.7 cm³/mol. The van der Waals surface area contributed by atoms with Crippen LogP contribution in [0.3, 0.4) is 0 Å². The van der Waals surface area contributed by atoms with Gasteiger partial charge in [0.2, 0.25) is 0 Å². The summed E-state index contributed by atoms with van der Waals surface area (Å²) in [6.45, 7) is 3.71. The molecule has 1 aliphatic rings. The number of aryl methyl sites for hydroxylation is 1. The van der Waals surface area contributed by atoms with Crippen LogP contribution < -0.4 is 4.74 Å². The summed E-state index contributed by atoms with van der Waals surface area (Å²) in [6, 6.07) is 8.23. The third-order valence-corrected chi connectivity index (χ3v) is 2.54. The number of benzene rings is 1. The fourth-order valence-corrected chi connectivity index (χ4v) is 1.70. The lowest BCUT2D eigenvalue weighted by Gasteiger charge is -2.14. The Bertz CT molecular complexity index is 290. The Balaban J connectivity index is 2.07. The van der Waals surface area contributed by atoms with Gasteiger partial charge in [0, 0.05) is 6.42 Å². The zero-order valence-electron chi connectivity index (χ0n) is 8.53. The van der Waals surface area contributed by atoms with Crippen LogP contribution in [0.25, 0.3) is 0 Å². The largest absolute Gasteiger partial charge is 0.488 e. The fraction of sp³-hybridized carbons (Fsp3) is 0.500. The Labute approximate surface area is 84.8 Å². The summed E-state index contributed by atoms with van der Waals surface area (Å²) in [4.78, 5) is 0. The Kier molecular flexibility index (Phi) is 3.04. The molecule has 0 aliphatic carbocycles. The first-order chi connectivity index (χ1) is 6.90. The summed E-state index contributed by atoms with van der Waals surface area (Å²) in [5, 5.41) is 0. The van der Waals surface area contributed by atoms with Crippen molar-refractivity contribution in [1.82, 2.24) is 0 Å². The van der Waals surface area contributed by atoms with Crippen molar-refractivity contribution >= 4 is 0 Å². The van der Waals surface area contributed by atoms with E-state index in [0.717, 1.165) is 31.8 Å². The minimum atomic E-state index is 0.252. The van der Waals surface area contributed by atoms with Crippen molar-refractivity contribution in [2.75, 3.05) is 13.2 Å². The van der Waals surface area contributed by atoms with Crippen LogP contribution in [0.5, 0.6) is 5.75 Å². The summed E-state index contributed by atoms with van der Waals surface area (Å²) in [7, 11) is 0. The van der Waals surface area contributed by atoms with Gasteiger partial charge < -0.3 is 9.47 Å². The molecule has 0 bridgehead atoms. The molecule has 1 fully saturated rings. The first-order valence-electron chi connectivity index (χ1n) is 5.22. The maximum absolute atomic E-state index is 5.87. The Morgan fingerprint density at radius 1 is 1.43 bits per heavy atom. The molecule has 2 nitrogen and oxygen atoms in total. The summed E-state index contributed by atoms with van der Waals surface area (Å²) in [6.07, 6.45) is 2.28. The highest BCUT2D eigenvalue weighted by Crippen LogP contribution is 2.21. The average molecular weight is 192 g/mol. The van der Waals surface area contributed by atoms with Crippen molar-refractivity contribution in [3.8, 4) is 5.75 Å². The highest BCUT2D eigenvalue weighted by Gasteiger charge is 2.17. The molecule has 0 amide bonds. The standard InChI is InChI=1S/C12H16O2/c1-2-10-5-3-4-6-12(10)14-11-7-8-13-9-11/h3-6,11H,2,7-9H2,1H3. The van der Waals surface area contributed by atoms with Crippen LogP contribution >= 0.6 is 0 Å². The molecule has 1 heterocycles. The van der Waals surface area contributed by atoms with Gasteiger partial charge in [-0.2, -0.15) is 0 Å². The van der Waals surface area contributed by atoms with Crippen molar-refractivity contribution in [2.24, 2.45) is 0 Å². The van der Waals surface area contributed by atoms with E-state index >= 15 is 0 Å². The number of para-hydroxylation sites is 1. The molecular formula is C12H16O2. The van der Waals surface area contributed by atoms with Gasteiger partial charge in [-0.3, -0.25) is 0 Å². The molecule has 0 aromatic heterocycles. The normalized spacial score (nSPS) is 21.1. The van der Waals surface area contributed by atoms with Gasteiger partial charge in [0.1, 0.15) is 11.9 Å².